The SMILES string of the molecule is Nc1ncc(N2CCC(N)CC2)nc1C(=O)Cc1cnccc1N1CCOCC1. The van der Waals surface area contributed by atoms with Gasteiger partial charge in [0.15, 0.2) is 17.3 Å². The Hall–Kier alpha value is -2.78. The smallest absolute Gasteiger partial charge is 0.189 e. The predicted octanol–water partition coefficient (Wildman–Crippen LogP) is 0.643. The second kappa shape index (κ2) is 8.71. The third-order valence-corrected chi connectivity index (χ3v) is 5.50. The summed E-state index contributed by atoms with van der Waals surface area (Å²) in [4.78, 5) is 30.4. The lowest BCUT2D eigenvalue weighted by atomic mass is 10.1. The summed E-state index contributed by atoms with van der Waals surface area (Å²) in [5.74, 6) is 0.673. The number of morpholine rings is 1. The highest BCUT2D eigenvalue weighted by Crippen LogP contribution is 2.24. The van der Waals surface area contributed by atoms with Crippen LogP contribution < -0.4 is 21.3 Å². The summed E-state index contributed by atoms with van der Waals surface area (Å²) in [5.41, 5.74) is 14.1. The van der Waals surface area contributed by atoms with Crippen molar-refractivity contribution in [1.29, 1.82) is 0 Å². The van der Waals surface area contributed by atoms with Crippen molar-refractivity contribution in [3.8, 4) is 0 Å². The Morgan fingerprint density at radius 3 is 2.66 bits per heavy atom. The van der Waals surface area contributed by atoms with E-state index < -0.39 is 0 Å². The summed E-state index contributed by atoms with van der Waals surface area (Å²) < 4.78 is 5.43. The lowest BCUT2D eigenvalue weighted by Crippen LogP contribution is -2.40. The second-order valence-corrected chi connectivity index (χ2v) is 7.49. The van der Waals surface area contributed by atoms with E-state index in [1.165, 1.54) is 0 Å². The van der Waals surface area contributed by atoms with Gasteiger partial charge in [-0.1, -0.05) is 0 Å². The molecule has 4 heterocycles. The average Bonchev–Trinajstić information content (AvgIpc) is 2.76. The molecular weight excluding hydrogens is 370 g/mol. The van der Waals surface area contributed by atoms with Gasteiger partial charge in [0.05, 0.1) is 19.4 Å². The maximum atomic E-state index is 13.1. The van der Waals surface area contributed by atoms with Crippen LogP contribution in [0.1, 0.15) is 28.9 Å². The Balaban J connectivity index is 1.54. The van der Waals surface area contributed by atoms with E-state index >= 15 is 0 Å². The molecule has 2 fully saturated rings. The zero-order valence-electron chi connectivity index (χ0n) is 16.5. The molecule has 0 amide bonds. The van der Waals surface area contributed by atoms with Crippen molar-refractivity contribution in [2.45, 2.75) is 25.3 Å². The highest BCUT2D eigenvalue weighted by atomic mass is 16.5. The number of nitrogens with zero attached hydrogens (tertiary/aromatic N) is 5. The van der Waals surface area contributed by atoms with Gasteiger partial charge in [0.1, 0.15) is 5.82 Å². The standard InChI is InChI=1S/C20H27N7O2/c21-15-2-5-27(6-3-15)18-13-24-20(22)19(25-18)17(28)11-14-12-23-4-1-16(14)26-7-9-29-10-8-26/h1,4,12-13,15H,2-3,5-11,21H2,(H2,22,24). The molecule has 2 aliphatic heterocycles. The monoisotopic (exact) mass is 397 g/mol. The minimum absolute atomic E-state index is 0.157. The number of carbonyl (C=O) groups excluding carboxylic acids is 1. The topological polar surface area (TPSA) is 123 Å². The van der Waals surface area contributed by atoms with E-state index in [1.807, 2.05) is 6.07 Å². The van der Waals surface area contributed by atoms with E-state index in [1.54, 1.807) is 18.6 Å². The van der Waals surface area contributed by atoms with Crippen molar-refractivity contribution in [2.75, 3.05) is 54.9 Å². The first kappa shape index (κ1) is 19.5. The van der Waals surface area contributed by atoms with Gasteiger partial charge in [0.2, 0.25) is 0 Å². The average molecular weight is 397 g/mol. The van der Waals surface area contributed by atoms with E-state index in [0.29, 0.717) is 19.0 Å². The zero-order chi connectivity index (χ0) is 20.2. The van der Waals surface area contributed by atoms with Gasteiger partial charge in [-0.3, -0.25) is 9.78 Å². The number of anilines is 3. The van der Waals surface area contributed by atoms with Crippen LogP contribution in [0.2, 0.25) is 0 Å². The molecule has 29 heavy (non-hydrogen) atoms. The van der Waals surface area contributed by atoms with Crippen LogP contribution >= 0.6 is 0 Å². The number of nitrogen functional groups attached to an aromatic ring is 1. The van der Waals surface area contributed by atoms with Crippen LogP contribution in [0.3, 0.4) is 0 Å². The fraction of sp³-hybridized carbons (Fsp3) is 0.500. The molecule has 0 radical (unpaired) electrons. The molecule has 0 unspecified atom stereocenters. The molecular formula is C20H27N7O2. The van der Waals surface area contributed by atoms with E-state index in [-0.39, 0.29) is 29.8 Å². The van der Waals surface area contributed by atoms with Crippen molar-refractivity contribution in [3.05, 3.63) is 35.9 Å². The highest BCUT2D eigenvalue weighted by Gasteiger charge is 2.22. The molecule has 0 atom stereocenters. The molecule has 0 spiro atoms. The normalized spacial score (nSPS) is 18.1. The Morgan fingerprint density at radius 1 is 1.14 bits per heavy atom. The van der Waals surface area contributed by atoms with Gasteiger partial charge in [-0.2, -0.15) is 0 Å². The first-order valence-electron chi connectivity index (χ1n) is 10.0. The molecule has 0 bridgehead atoms. The summed E-state index contributed by atoms with van der Waals surface area (Å²) in [6.45, 7) is 4.54. The molecule has 9 nitrogen and oxygen atoms in total. The fourth-order valence-corrected chi connectivity index (χ4v) is 3.80. The minimum atomic E-state index is -0.159. The predicted molar refractivity (Wildman–Crippen MR) is 111 cm³/mol. The number of aromatic nitrogens is 3. The first-order valence-corrected chi connectivity index (χ1v) is 10.0. The number of hydrogen-bond acceptors (Lipinski definition) is 9. The van der Waals surface area contributed by atoms with Gasteiger partial charge in [0, 0.05) is 62.3 Å². The molecule has 154 valence electrons. The second-order valence-electron chi connectivity index (χ2n) is 7.49. The summed E-state index contributed by atoms with van der Waals surface area (Å²) in [6.07, 6.45) is 7.08. The minimum Gasteiger partial charge on any atom is -0.382 e. The van der Waals surface area contributed by atoms with Crippen LogP contribution in [0.15, 0.2) is 24.7 Å². The van der Waals surface area contributed by atoms with E-state index in [0.717, 1.165) is 50.3 Å². The van der Waals surface area contributed by atoms with Crippen molar-refractivity contribution < 1.29 is 9.53 Å². The van der Waals surface area contributed by atoms with Crippen LogP contribution in [-0.4, -0.2) is 66.2 Å². The molecule has 2 aromatic heterocycles. The van der Waals surface area contributed by atoms with Crippen LogP contribution in [0, 0.1) is 0 Å². The Bertz CT molecular complexity index is 862. The molecule has 0 aromatic carbocycles. The van der Waals surface area contributed by atoms with Crippen molar-refractivity contribution in [2.24, 2.45) is 5.73 Å². The number of piperidine rings is 1. The number of ether oxygens (including phenoxy) is 1. The first-order chi connectivity index (χ1) is 14.1. The third kappa shape index (κ3) is 4.46. The van der Waals surface area contributed by atoms with Crippen molar-refractivity contribution in [1.82, 2.24) is 15.0 Å². The number of carbonyl (C=O) groups is 1. The van der Waals surface area contributed by atoms with Gasteiger partial charge in [-0.05, 0) is 18.9 Å². The van der Waals surface area contributed by atoms with E-state index in [4.69, 9.17) is 16.2 Å². The van der Waals surface area contributed by atoms with Crippen molar-refractivity contribution >= 4 is 23.1 Å². The Morgan fingerprint density at radius 2 is 1.90 bits per heavy atom. The number of rotatable bonds is 5. The lowest BCUT2D eigenvalue weighted by molar-refractivity contribution is 0.0988. The van der Waals surface area contributed by atoms with Gasteiger partial charge in [-0.15, -0.1) is 0 Å². The molecule has 2 aromatic rings. The van der Waals surface area contributed by atoms with Gasteiger partial charge in [-0.25, -0.2) is 9.97 Å². The third-order valence-electron chi connectivity index (χ3n) is 5.50. The van der Waals surface area contributed by atoms with Crippen LogP contribution in [0.25, 0.3) is 0 Å². The highest BCUT2D eigenvalue weighted by molar-refractivity contribution is 6.00. The number of nitrogens with two attached hydrogens (primary N) is 2. The lowest BCUT2D eigenvalue weighted by Gasteiger charge is -2.31. The molecule has 0 aliphatic carbocycles. The van der Waals surface area contributed by atoms with Gasteiger partial charge >= 0.3 is 0 Å². The quantitative estimate of drug-likeness (QED) is 0.700. The number of ketones is 1. The summed E-state index contributed by atoms with van der Waals surface area (Å²) in [6, 6.07) is 2.16. The molecule has 4 N–H and O–H groups in total. The van der Waals surface area contributed by atoms with Gasteiger partial charge < -0.3 is 26.0 Å². The van der Waals surface area contributed by atoms with Crippen LogP contribution in [0.4, 0.5) is 17.3 Å². The van der Waals surface area contributed by atoms with Crippen LogP contribution in [-0.2, 0) is 11.2 Å². The zero-order valence-corrected chi connectivity index (χ0v) is 16.5. The maximum Gasteiger partial charge on any atom is 0.189 e. The largest absolute Gasteiger partial charge is 0.382 e. The molecule has 4 rings (SSSR count). The van der Waals surface area contributed by atoms with Crippen molar-refractivity contribution in [3.63, 3.8) is 0 Å². The fourth-order valence-electron chi connectivity index (χ4n) is 3.80. The summed E-state index contributed by atoms with van der Waals surface area (Å²) in [5, 5.41) is 0. The van der Waals surface area contributed by atoms with E-state index in [9.17, 15) is 4.79 Å². The number of pyridine rings is 1. The number of Topliss-reactive ketones (excluding diaryl/α,β-unsaturated/α-hetero) is 1. The Labute approximate surface area is 170 Å². The summed E-state index contributed by atoms with van der Waals surface area (Å²) in [7, 11) is 0. The molecule has 2 aliphatic rings. The van der Waals surface area contributed by atoms with E-state index in [2.05, 4.69) is 24.8 Å². The molecule has 9 heteroatoms. The maximum absolute atomic E-state index is 13.1. The number of hydrogen-bond donors (Lipinski definition) is 2. The van der Waals surface area contributed by atoms with Crippen LogP contribution in [0.5, 0.6) is 0 Å². The molecule has 0 saturated carbocycles. The Kier molecular flexibility index (Phi) is 5.86. The van der Waals surface area contributed by atoms with Gasteiger partial charge in [0.25, 0.3) is 0 Å². The molecule has 2 saturated heterocycles. The summed E-state index contributed by atoms with van der Waals surface area (Å²) >= 11 is 0.